The third kappa shape index (κ3) is 6.77. The second-order valence-corrected chi connectivity index (χ2v) is 9.07. The lowest BCUT2D eigenvalue weighted by molar-refractivity contribution is -0.144. The Bertz CT molecular complexity index is 1260. The minimum absolute atomic E-state index is 0.0309. The van der Waals surface area contributed by atoms with E-state index in [0.717, 1.165) is 0 Å². The minimum atomic E-state index is -4.42. The maximum atomic E-state index is 13.8. The van der Waals surface area contributed by atoms with Crippen molar-refractivity contribution in [1.82, 2.24) is 35.5 Å². The van der Waals surface area contributed by atoms with Gasteiger partial charge in [0, 0.05) is 25.8 Å². The van der Waals surface area contributed by atoms with Crippen LogP contribution in [-0.2, 0) is 11.3 Å². The van der Waals surface area contributed by atoms with E-state index in [-0.39, 0.29) is 49.5 Å². The number of aromatic nitrogens is 5. The van der Waals surface area contributed by atoms with Crippen molar-refractivity contribution in [1.29, 1.82) is 0 Å². The van der Waals surface area contributed by atoms with Gasteiger partial charge in [0.15, 0.2) is 11.3 Å². The highest BCUT2D eigenvalue weighted by atomic mass is 19.4. The zero-order valence-electron chi connectivity index (χ0n) is 19.7. The Morgan fingerprint density at radius 1 is 1.24 bits per heavy atom. The summed E-state index contributed by atoms with van der Waals surface area (Å²) in [7, 11) is 0. The number of hydrogen-bond acceptors (Lipinski definition) is 7. The first-order valence-corrected chi connectivity index (χ1v) is 11.6. The van der Waals surface area contributed by atoms with Crippen LogP contribution in [0.2, 0.25) is 0 Å². The first-order chi connectivity index (χ1) is 17.4. The fourth-order valence-corrected chi connectivity index (χ4v) is 4.20. The quantitative estimate of drug-likeness (QED) is 0.426. The Kier molecular flexibility index (Phi) is 7.41. The van der Waals surface area contributed by atoms with Crippen molar-refractivity contribution in [2.24, 2.45) is 5.92 Å². The average Bonchev–Trinajstić information content (AvgIpc) is 3.45. The van der Waals surface area contributed by atoms with Gasteiger partial charge in [0.05, 0.1) is 30.6 Å². The predicted molar refractivity (Wildman–Crippen MR) is 116 cm³/mol. The Balaban J connectivity index is 1.51. The number of nitrogens with one attached hydrogen (secondary N) is 2. The number of aryl methyl sites for hydroxylation is 1. The van der Waals surface area contributed by atoms with Gasteiger partial charge in [-0.15, -0.1) is 0 Å². The number of rotatable bonds is 8. The molecule has 1 atom stereocenters. The third-order valence-corrected chi connectivity index (χ3v) is 6.23. The van der Waals surface area contributed by atoms with Gasteiger partial charge in [0.25, 0.3) is 5.91 Å². The van der Waals surface area contributed by atoms with Gasteiger partial charge in [-0.25, -0.2) is 22.9 Å². The van der Waals surface area contributed by atoms with Crippen molar-refractivity contribution < 1.29 is 36.2 Å². The highest BCUT2D eigenvalue weighted by Gasteiger charge is 2.39. The molecule has 0 aliphatic heterocycles. The van der Waals surface area contributed by atoms with Crippen LogP contribution in [0.1, 0.15) is 72.0 Å². The molecule has 4 rings (SSSR count). The zero-order chi connectivity index (χ0) is 26.8. The lowest BCUT2D eigenvalue weighted by Crippen LogP contribution is -2.37. The minimum Gasteiger partial charge on any atom is -0.352 e. The Labute approximate surface area is 207 Å². The smallest absolute Gasteiger partial charge is 0.352 e. The molecule has 2 amide bonds. The standard InChI is InChI=1S/C22H24F5N7O3/c1-12-18(33-37-32-12)20(36)31-19(14-2-5-21(23,24)6-3-14)15-11-34-16(30-15)8-13(10-29-34)9-28-17(35)4-7-22(25,26)27/h8,10-11,14,19H,2-7,9H2,1H3,(H,28,35)(H,31,36)/t19-/m0/s1. The molecule has 1 aliphatic rings. The predicted octanol–water partition coefficient (Wildman–Crippen LogP) is 3.68. The summed E-state index contributed by atoms with van der Waals surface area (Å²) in [5.41, 5.74) is 1.46. The van der Waals surface area contributed by atoms with E-state index in [0.29, 0.717) is 16.9 Å². The summed E-state index contributed by atoms with van der Waals surface area (Å²) < 4.78 is 70.5. The fourth-order valence-electron chi connectivity index (χ4n) is 4.20. The summed E-state index contributed by atoms with van der Waals surface area (Å²) in [4.78, 5) is 29.0. The largest absolute Gasteiger partial charge is 0.389 e. The van der Waals surface area contributed by atoms with E-state index >= 15 is 0 Å². The number of alkyl halides is 5. The zero-order valence-corrected chi connectivity index (χ0v) is 19.7. The van der Waals surface area contributed by atoms with Crippen LogP contribution >= 0.6 is 0 Å². The van der Waals surface area contributed by atoms with Crippen molar-refractivity contribution in [3.8, 4) is 0 Å². The highest BCUT2D eigenvalue weighted by molar-refractivity contribution is 5.93. The lowest BCUT2D eigenvalue weighted by Gasteiger charge is -2.33. The molecule has 3 heterocycles. The molecule has 10 nitrogen and oxygen atoms in total. The number of carbonyl (C=O) groups excluding carboxylic acids is 2. The molecule has 0 radical (unpaired) electrons. The van der Waals surface area contributed by atoms with Gasteiger partial charge in [-0.05, 0) is 42.5 Å². The van der Waals surface area contributed by atoms with E-state index in [9.17, 15) is 31.5 Å². The van der Waals surface area contributed by atoms with Gasteiger partial charge < -0.3 is 10.6 Å². The monoisotopic (exact) mass is 529 g/mol. The molecular formula is C22H24F5N7O3. The van der Waals surface area contributed by atoms with Gasteiger partial charge in [0.1, 0.15) is 5.69 Å². The molecule has 1 fully saturated rings. The van der Waals surface area contributed by atoms with Crippen LogP contribution in [0.5, 0.6) is 0 Å². The number of halogens is 5. The molecule has 1 aliphatic carbocycles. The van der Waals surface area contributed by atoms with Crippen LogP contribution in [0.25, 0.3) is 5.65 Å². The summed E-state index contributed by atoms with van der Waals surface area (Å²) in [5.74, 6) is -4.44. The van der Waals surface area contributed by atoms with Crippen molar-refractivity contribution in [2.45, 2.75) is 70.1 Å². The van der Waals surface area contributed by atoms with Gasteiger partial charge >= 0.3 is 6.18 Å². The van der Waals surface area contributed by atoms with Crippen molar-refractivity contribution in [2.75, 3.05) is 0 Å². The van der Waals surface area contributed by atoms with Gasteiger partial charge in [-0.1, -0.05) is 5.16 Å². The fraction of sp³-hybridized carbons (Fsp3) is 0.545. The third-order valence-electron chi connectivity index (χ3n) is 6.23. The molecule has 0 unspecified atom stereocenters. The SMILES string of the molecule is Cc1nonc1C(=O)N[C@H](c1cn2ncc(CNC(=O)CCC(F)(F)F)cc2n1)C1CCC(F)(F)CC1. The van der Waals surface area contributed by atoms with Crippen molar-refractivity contribution >= 4 is 17.5 Å². The normalized spacial score (nSPS) is 17.0. The molecule has 0 bridgehead atoms. The van der Waals surface area contributed by atoms with Crippen LogP contribution in [0.3, 0.4) is 0 Å². The molecular weight excluding hydrogens is 505 g/mol. The summed E-state index contributed by atoms with van der Waals surface area (Å²) in [5, 5.41) is 16.6. The maximum Gasteiger partial charge on any atom is 0.389 e. The molecule has 3 aromatic heterocycles. The van der Waals surface area contributed by atoms with Crippen LogP contribution < -0.4 is 10.6 Å². The van der Waals surface area contributed by atoms with E-state index in [1.54, 1.807) is 19.2 Å². The summed E-state index contributed by atoms with van der Waals surface area (Å²) >= 11 is 0. The Morgan fingerprint density at radius 3 is 2.62 bits per heavy atom. The second kappa shape index (κ2) is 10.4. The average molecular weight is 529 g/mol. The number of fused-ring (bicyclic) bond motifs is 1. The summed E-state index contributed by atoms with van der Waals surface area (Å²) in [6.07, 6.45) is -3.67. The molecule has 3 aromatic rings. The molecule has 37 heavy (non-hydrogen) atoms. The topological polar surface area (TPSA) is 127 Å². The van der Waals surface area contributed by atoms with Crippen LogP contribution in [0, 0.1) is 12.8 Å². The molecule has 2 N–H and O–H groups in total. The number of carbonyl (C=O) groups is 2. The van der Waals surface area contributed by atoms with E-state index in [4.69, 9.17) is 0 Å². The maximum absolute atomic E-state index is 13.8. The van der Waals surface area contributed by atoms with Crippen LogP contribution in [0.15, 0.2) is 23.1 Å². The Morgan fingerprint density at radius 2 is 1.97 bits per heavy atom. The first-order valence-electron chi connectivity index (χ1n) is 11.6. The lowest BCUT2D eigenvalue weighted by atomic mass is 9.81. The summed E-state index contributed by atoms with van der Waals surface area (Å²) in [6.45, 7) is 1.48. The number of nitrogens with zero attached hydrogens (tertiary/aromatic N) is 5. The molecule has 0 spiro atoms. The van der Waals surface area contributed by atoms with Gasteiger partial charge in [-0.2, -0.15) is 18.3 Å². The van der Waals surface area contributed by atoms with Crippen LogP contribution in [-0.4, -0.2) is 48.8 Å². The van der Waals surface area contributed by atoms with Crippen LogP contribution in [0.4, 0.5) is 22.0 Å². The van der Waals surface area contributed by atoms with Crippen molar-refractivity contribution in [3.05, 3.63) is 41.1 Å². The molecule has 0 saturated heterocycles. The molecule has 200 valence electrons. The first kappa shape index (κ1) is 26.4. The number of amides is 2. The van der Waals surface area contributed by atoms with Gasteiger partial charge in [0.2, 0.25) is 11.8 Å². The second-order valence-electron chi connectivity index (χ2n) is 9.07. The number of imidazole rings is 1. The molecule has 0 aromatic carbocycles. The highest BCUT2D eigenvalue weighted by Crippen LogP contribution is 2.41. The molecule has 1 saturated carbocycles. The van der Waals surface area contributed by atoms with Crippen molar-refractivity contribution in [3.63, 3.8) is 0 Å². The molecule has 15 heteroatoms. The van der Waals surface area contributed by atoms with E-state index in [2.05, 4.69) is 35.7 Å². The van der Waals surface area contributed by atoms with E-state index < -0.39 is 42.8 Å². The van der Waals surface area contributed by atoms with E-state index in [1.165, 1.54) is 10.7 Å². The van der Waals surface area contributed by atoms with Gasteiger partial charge in [-0.3, -0.25) is 9.59 Å². The summed E-state index contributed by atoms with van der Waals surface area (Å²) in [6, 6.07) is 0.854. The van der Waals surface area contributed by atoms with E-state index in [1.807, 2.05) is 0 Å². The Hall–Kier alpha value is -3.65. The number of hydrogen-bond donors (Lipinski definition) is 2.